The van der Waals surface area contributed by atoms with E-state index in [1.807, 2.05) is 18.2 Å². The van der Waals surface area contributed by atoms with Gasteiger partial charge in [0, 0.05) is 15.5 Å². The van der Waals surface area contributed by atoms with E-state index in [1.165, 1.54) is 22.3 Å². The average Bonchev–Trinajstić information content (AvgIpc) is 2.31. The number of anilines is 1. The molecule has 0 spiro atoms. The van der Waals surface area contributed by atoms with Crippen LogP contribution in [0.4, 0.5) is 5.69 Å². The lowest BCUT2D eigenvalue weighted by atomic mass is 10.00. The smallest absolute Gasteiger partial charge is 0.0631 e. The number of hydrogen-bond donors (Lipinski definition) is 1. The number of nitrogens with one attached hydrogen (secondary N) is 1. The van der Waals surface area contributed by atoms with Crippen molar-refractivity contribution in [2.45, 2.75) is 27.3 Å². The Morgan fingerprint density at radius 3 is 2.00 bits per heavy atom. The molecule has 100 valence electrons. The summed E-state index contributed by atoms with van der Waals surface area (Å²) in [5.41, 5.74) is 6.47. The largest absolute Gasteiger partial charge is 0.379 e. The first-order valence-corrected chi connectivity index (χ1v) is 7.82. The molecular formula is C16H17Br2N. The second kappa shape index (κ2) is 6.10. The third-order valence-corrected chi connectivity index (χ3v) is 4.57. The standard InChI is InChI=1S/C16H17Br2N/c1-10-7-11(2)13(12(3)8-10)9-19-16-14(17)5-4-6-15(16)18/h4-8,19H,9H2,1-3H3. The molecule has 0 unspecified atom stereocenters. The normalized spacial score (nSPS) is 10.6. The van der Waals surface area contributed by atoms with Crippen LogP contribution in [0.1, 0.15) is 22.3 Å². The Hall–Kier alpha value is -0.800. The second-order valence-electron chi connectivity index (χ2n) is 4.83. The molecule has 0 aromatic heterocycles. The fourth-order valence-electron chi connectivity index (χ4n) is 2.33. The molecule has 2 rings (SSSR count). The summed E-state index contributed by atoms with van der Waals surface area (Å²) in [6, 6.07) is 10.6. The van der Waals surface area contributed by atoms with Crippen molar-refractivity contribution in [1.82, 2.24) is 0 Å². The number of rotatable bonds is 3. The molecular weight excluding hydrogens is 366 g/mol. The Labute approximate surface area is 131 Å². The second-order valence-corrected chi connectivity index (χ2v) is 6.54. The van der Waals surface area contributed by atoms with E-state index in [2.05, 4.69) is 70.1 Å². The zero-order valence-electron chi connectivity index (χ0n) is 11.3. The van der Waals surface area contributed by atoms with Gasteiger partial charge in [-0.25, -0.2) is 0 Å². The summed E-state index contributed by atoms with van der Waals surface area (Å²) in [5.74, 6) is 0. The van der Waals surface area contributed by atoms with Gasteiger partial charge >= 0.3 is 0 Å². The van der Waals surface area contributed by atoms with Crippen molar-refractivity contribution in [3.63, 3.8) is 0 Å². The summed E-state index contributed by atoms with van der Waals surface area (Å²) >= 11 is 7.15. The van der Waals surface area contributed by atoms with E-state index in [4.69, 9.17) is 0 Å². The maximum Gasteiger partial charge on any atom is 0.0631 e. The maximum atomic E-state index is 3.58. The zero-order chi connectivity index (χ0) is 14.0. The lowest BCUT2D eigenvalue weighted by Gasteiger charge is -2.15. The predicted octanol–water partition coefficient (Wildman–Crippen LogP) is 5.75. The van der Waals surface area contributed by atoms with Crippen molar-refractivity contribution in [3.8, 4) is 0 Å². The van der Waals surface area contributed by atoms with Gasteiger partial charge in [0.2, 0.25) is 0 Å². The van der Waals surface area contributed by atoms with E-state index < -0.39 is 0 Å². The lowest BCUT2D eigenvalue weighted by Crippen LogP contribution is -2.05. The van der Waals surface area contributed by atoms with Crippen molar-refractivity contribution in [3.05, 3.63) is 61.5 Å². The number of benzene rings is 2. The lowest BCUT2D eigenvalue weighted by molar-refractivity contribution is 1.08. The van der Waals surface area contributed by atoms with Crippen molar-refractivity contribution >= 4 is 37.5 Å². The van der Waals surface area contributed by atoms with Crippen LogP contribution in [0, 0.1) is 20.8 Å². The number of para-hydroxylation sites is 1. The molecule has 1 N–H and O–H groups in total. The highest BCUT2D eigenvalue weighted by Crippen LogP contribution is 2.31. The van der Waals surface area contributed by atoms with Gasteiger partial charge < -0.3 is 5.32 Å². The number of aryl methyl sites for hydroxylation is 3. The molecule has 0 amide bonds. The molecule has 2 aromatic carbocycles. The van der Waals surface area contributed by atoms with Crippen LogP contribution >= 0.6 is 31.9 Å². The van der Waals surface area contributed by atoms with E-state index in [-0.39, 0.29) is 0 Å². The Balaban J connectivity index is 2.24. The summed E-state index contributed by atoms with van der Waals surface area (Å²) in [7, 11) is 0. The van der Waals surface area contributed by atoms with Gasteiger partial charge in [0.05, 0.1) is 5.69 Å². The van der Waals surface area contributed by atoms with Gasteiger partial charge in [0.15, 0.2) is 0 Å². The van der Waals surface area contributed by atoms with Gasteiger partial charge in [-0.3, -0.25) is 0 Å². The van der Waals surface area contributed by atoms with Gasteiger partial charge in [-0.1, -0.05) is 23.8 Å². The fraction of sp³-hybridized carbons (Fsp3) is 0.250. The minimum Gasteiger partial charge on any atom is -0.379 e. The van der Waals surface area contributed by atoms with E-state index in [0.29, 0.717) is 0 Å². The number of halogens is 2. The Morgan fingerprint density at radius 1 is 0.947 bits per heavy atom. The predicted molar refractivity (Wildman–Crippen MR) is 89.8 cm³/mol. The molecule has 0 bridgehead atoms. The minimum atomic E-state index is 0.832. The quantitative estimate of drug-likeness (QED) is 0.712. The van der Waals surface area contributed by atoms with Crippen LogP contribution in [0.15, 0.2) is 39.3 Å². The SMILES string of the molecule is Cc1cc(C)c(CNc2c(Br)cccc2Br)c(C)c1. The molecule has 0 aliphatic carbocycles. The monoisotopic (exact) mass is 381 g/mol. The molecule has 3 heteroatoms. The molecule has 0 saturated carbocycles. The van der Waals surface area contributed by atoms with Crippen LogP contribution < -0.4 is 5.32 Å². The molecule has 0 fully saturated rings. The van der Waals surface area contributed by atoms with Crippen LogP contribution in [0.25, 0.3) is 0 Å². The van der Waals surface area contributed by atoms with Crippen molar-refractivity contribution in [2.24, 2.45) is 0 Å². The Morgan fingerprint density at radius 2 is 1.47 bits per heavy atom. The highest BCUT2D eigenvalue weighted by Gasteiger charge is 2.07. The Kier molecular flexibility index (Phi) is 4.69. The van der Waals surface area contributed by atoms with Crippen molar-refractivity contribution in [2.75, 3.05) is 5.32 Å². The topological polar surface area (TPSA) is 12.0 Å². The minimum absolute atomic E-state index is 0.832. The summed E-state index contributed by atoms with van der Waals surface area (Å²) in [4.78, 5) is 0. The van der Waals surface area contributed by atoms with Crippen LogP contribution in [-0.2, 0) is 6.54 Å². The molecule has 0 heterocycles. The first kappa shape index (κ1) is 14.6. The molecule has 0 aliphatic rings. The van der Waals surface area contributed by atoms with Crippen LogP contribution in [0.2, 0.25) is 0 Å². The van der Waals surface area contributed by atoms with E-state index in [0.717, 1.165) is 21.2 Å². The van der Waals surface area contributed by atoms with Crippen LogP contribution in [-0.4, -0.2) is 0 Å². The van der Waals surface area contributed by atoms with Crippen molar-refractivity contribution in [1.29, 1.82) is 0 Å². The van der Waals surface area contributed by atoms with Gasteiger partial charge in [-0.05, 0) is 81.5 Å². The number of hydrogen-bond acceptors (Lipinski definition) is 1. The summed E-state index contributed by atoms with van der Waals surface area (Å²) < 4.78 is 2.15. The molecule has 0 radical (unpaired) electrons. The molecule has 0 aliphatic heterocycles. The average molecular weight is 383 g/mol. The van der Waals surface area contributed by atoms with Crippen LogP contribution in [0.5, 0.6) is 0 Å². The van der Waals surface area contributed by atoms with Crippen LogP contribution in [0.3, 0.4) is 0 Å². The third kappa shape index (κ3) is 3.40. The highest BCUT2D eigenvalue weighted by atomic mass is 79.9. The molecule has 19 heavy (non-hydrogen) atoms. The zero-order valence-corrected chi connectivity index (χ0v) is 14.5. The summed E-state index contributed by atoms with van der Waals surface area (Å²) in [5, 5.41) is 3.50. The molecule has 1 nitrogen and oxygen atoms in total. The molecule has 0 saturated heterocycles. The van der Waals surface area contributed by atoms with Gasteiger partial charge in [-0.2, -0.15) is 0 Å². The van der Waals surface area contributed by atoms with E-state index >= 15 is 0 Å². The summed E-state index contributed by atoms with van der Waals surface area (Å²) in [6.45, 7) is 7.32. The first-order chi connectivity index (χ1) is 8.99. The van der Waals surface area contributed by atoms with Gasteiger partial charge in [0.25, 0.3) is 0 Å². The highest BCUT2D eigenvalue weighted by molar-refractivity contribution is 9.11. The van der Waals surface area contributed by atoms with E-state index in [1.54, 1.807) is 0 Å². The Bertz CT molecular complexity index is 562. The third-order valence-electron chi connectivity index (χ3n) is 3.25. The molecule has 2 aromatic rings. The summed E-state index contributed by atoms with van der Waals surface area (Å²) in [6.07, 6.45) is 0. The van der Waals surface area contributed by atoms with Gasteiger partial charge in [0.1, 0.15) is 0 Å². The van der Waals surface area contributed by atoms with Crippen molar-refractivity contribution < 1.29 is 0 Å². The molecule has 0 atom stereocenters. The maximum absolute atomic E-state index is 3.58. The first-order valence-electron chi connectivity index (χ1n) is 6.23. The fourth-order valence-corrected chi connectivity index (χ4v) is 3.61. The van der Waals surface area contributed by atoms with Gasteiger partial charge in [-0.15, -0.1) is 0 Å². The van der Waals surface area contributed by atoms with E-state index in [9.17, 15) is 0 Å².